The highest BCUT2D eigenvalue weighted by Crippen LogP contribution is 2.25. The Kier molecular flexibility index (Phi) is 6.29. The van der Waals surface area contributed by atoms with Crippen molar-refractivity contribution < 1.29 is 14.3 Å². The quantitative estimate of drug-likeness (QED) is 0.846. The molecule has 1 N–H and O–H groups in total. The zero-order chi connectivity index (χ0) is 16.7. The van der Waals surface area contributed by atoms with E-state index in [1.165, 1.54) is 0 Å². The summed E-state index contributed by atoms with van der Waals surface area (Å²) in [6, 6.07) is 13.1. The van der Waals surface area contributed by atoms with Crippen LogP contribution in [0.3, 0.4) is 0 Å². The lowest BCUT2D eigenvalue weighted by molar-refractivity contribution is -0.120. The number of halogens is 1. The molecule has 0 heterocycles. The summed E-state index contributed by atoms with van der Waals surface area (Å²) in [5, 5.41) is 3.50. The van der Waals surface area contributed by atoms with E-state index in [2.05, 4.69) is 5.32 Å². The van der Waals surface area contributed by atoms with Gasteiger partial charge in [-0.15, -0.1) is 0 Å². The number of benzene rings is 2. The molecule has 1 amide bonds. The zero-order valence-electron chi connectivity index (χ0n) is 13.3. The van der Waals surface area contributed by atoms with E-state index in [1.54, 1.807) is 20.3 Å². The van der Waals surface area contributed by atoms with E-state index in [0.29, 0.717) is 23.7 Å². The largest absolute Gasteiger partial charge is 0.497 e. The van der Waals surface area contributed by atoms with E-state index < -0.39 is 0 Å². The van der Waals surface area contributed by atoms with E-state index in [4.69, 9.17) is 21.1 Å². The Bertz CT molecular complexity index is 673. The van der Waals surface area contributed by atoms with Crippen LogP contribution in [-0.2, 0) is 17.6 Å². The average molecular weight is 334 g/mol. The van der Waals surface area contributed by atoms with Gasteiger partial charge in [-0.25, -0.2) is 0 Å². The summed E-state index contributed by atoms with van der Waals surface area (Å²) in [6.07, 6.45) is 1.05. The van der Waals surface area contributed by atoms with E-state index in [1.807, 2.05) is 36.4 Å². The Labute approximate surface area is 141 Å². The van der Waals surface area contributed by atoms with Gasteiger partial charge in [0.05, 0.1) is 25.7 Å². The van der Waals surface area contributed by atoms with Crippen molar-refractivity contribution in [1.29, 1.82) is 0 Å². The highest BCUT2D eigenvalue weighted by Gasteiger charge is 2.05. The molecule has 2 aromatic rings. The molecular weight excluding hydrogens is 314 g/mol. The predicted molar refractivity (Wildman–Crippen MR) is 91.4 cm³/mol. The Morgan fingerprint density at radius 2 is 1.91 bits per heavy atom. The highest BCUT2D eigenvalue weighted by atomic mass is 35.5. The van der Waals surface area contributed by atoms with Crippen LogP contribution in [0.25, 0.3) is 0 Å². The molecule has 0 aliphatic heterocycles. The Morgan fingerprint density at radius 1 is 1.09 bits per heavy atom. The van der Waals surface area contributed by atoms with Crippen molar-refractivity contribution in [2.75, 3.05) is 20.8 Å². The fourth-order valence-corrected chi connectivity index (χ4v) is 2.43. The van der Waals surface area contributed by atoms with Gasteiger partial charge in [0.2, 0.25) is 5.91 Å². The second-order valence-electron chi connectivity index (χ2n) is 5.10. The summed E-state index contributed by atoms with van der Waals surface area (Å²) >= 11 is 5.99. The number of rotatable bonds is 7. The van der Waals surface area contributed by atoms with Crippen LogP contribution in [0.4, 0.5) is 0 Å². The molecule has 4 nitrogen and oxygen atoms in total. The predicted octanol–water partition coefficient (Wildman–Crippen LogP) is 3.26. The van der Waals surface area contributed by atoms with Gasteiger partial charge in [0.1, 0.15) is 11.5 Å². The maximum atomic E-state index is 12.0. The Hall–Kier alpha value is -2.20. The molecule has 0 atom stereocenters. The Morgan fingerprint density at radius 3 is 2.65 bits per heavy atom. The van der Waals surface area contributed by atoms with Crippen molar-refractivity contribution in [1.82, 2.24) is 5.32 Å². The number of nitrogens with one attached hydrogen (secondary N) is 1. The van der Waals surface area contributed by atoms with Crippen molar-refractivity contribution in [2.24, 2.45) is 0 Å². The molecule has 122 valence electrons. The van der Waals surface area contributed by atoms with Gasteiger partial charge in [0.15, 0.2) is 0 Å². The van der Waals surface area contributed by atoms with Gasteiger partial charge in [-0.1, -0.05) is 29.8 Å². The number of hydrogen-bond acceptors (Lipinski definition) is 3. The van der Waals surface area contributed by atoms with Gasteiger partial charge in [-0.3, -0.25) is 4.79 Å². The first kappa shape index (κ1) is 17.2. The number of carbonyl (C=O) groups excluding carboxylic acids is 1. The first-order valence-electron chi connectivity index (χ1n) is 7.34. The second-order valence-corrected chi connectivity index (χ2v) is 5.50. The molecule has 0 radical (unpaired) electrons. The number of ether oxygens (including phenoxy) is 2. The number of hydrogen-bond donors (Lipinski definition) is 1. The van der Waals surface area contributed by atoms with Crippen LogP contribution < -0.4 is 14.8 Å². The van der Waals surface area contributed by atoms with Crippen molar-refractivity contribution in [3.63, 3.8) is 0 Å². The third kappa shape index (κ3) is 5.18. The molecule has 0 spiro atoms. The van der Waals surface area contributed by atoms with E-state index in [0.717, 1.165) is 23.3 Å². The summed E-state index contributed by atoms with van der Waals surface area (Å²) in [5.41, 5.74) is 1.99. The van der Waals surface area contributed by atoms with Crippen LogP contribution >= 0.6 is 11.6 Å². The van der Waals surface area contributed by atoms with Crippen LogP contribution in [-0.4, -0.2) is 26.7 Å². The van der Waals surface area contributed by atoms with Crippen molar-refractivity contribution in [3.8, 4) is 11.5 Å². The van der Waals surface area contributed by atoms with Gasteiger partial charge in [-0.05, 0) is 41.8 Å². The summed E-state index contributed by atoms with van der Waals surface area (Å²) in [6.45, 7) is 0.563. The minimum Gasteiger partial charge on any atom is -0.497 e. The smallest absolute Gasteiger partial charge is 0.224 e. The molecule has 0 aromatic heterocycles. The monoisotopic (exact) mass is 333 g/mol. The molecule has 5 heteroatoms. The first-order valence-corrected chi connectivity index (χ1v) is 7.72. The standard InChI is InChI=1S/C18H20ClNO3/c1-22-15-5-3-4-14(10-15)12-18(21)20-9-8-13-6-7-16(19)17(11-13)23-2/h3-7,10-11H,8-9,12H2,1-2H3,(H,20,21). The molecule has 0 saturated heterocycles. The lowest BCUT2D eigenvalue weighted by atomic mass is 10.1. The molecule has 0 bridgehead atoms. The molecule has 0 unspecified atom stereocenters. The van der Waals surface area contributed by atoms with Gasteiger partial charge in [-0.2, -0.15) is 0 Å². The molecule has 0 fully saturated rings. The molecule has 0 saturated carbocycles. The van der Waals surface area contributed by atoms with Crippen molar-refractivity contribution in [3.05, 3.63) is 58.6 Å². The molecule has 23 heavy (non-hydrogen) atoms. The van der Waals surface area contributed by atoms with E-state index in [9.17, 15) is 4.79 Å². The SMILES string of the molecule is COc1cccc(CC(=O)NCCc2ccc(Cl)c(OC)c2)c1. The highest BCUT2D eigenvalue weighted by molar-refractivity contribution is 6.32. The minimum absolute atomic E-state index is 0.0146. The Balaban J connectivity index is 1.82. The van der Waals surface area contributed by atoms with Crippen LogP contribution in [0, 0.1) is 0 Å². The fraction of sp³-hybridized carbons (Fsp3) is 0.278. The molecule has 2 rings (SSSR count). The molecule has 0 aliphatic carbocycles. The summed E-state index contributed by atoms with van der Waals surface area (Å²) < 4.78 is 10.3. The maximum Gasteiger partial charge on any atom is 0.224 e. The van der Waals surface area contributed by atoms with Gasteiger partial charge in [0, 0.05) is 6.54 Å². The maximum absolute atomic E-state index is 12.0. The third-order valence-corrected chi connectivity index (χ3v) is 3.76. The summed E-state index contributed by atoms with van der Waals surface area (Å²) in [5.74, 6) is 1.38. The van der Waals surface area contributed by atoms with Gasteiger partial charge in [0.25, 0.3) is 0 Å². The molecule has 2 aromatic carbocycles. The van der Waals surface area contributed by atoms with Crippen LogP contribution in [0.2, 0.25) is 5.02 Å². The topological polar surface area (TPSA) is 47.6 Å². The number of methoxy groups -OCH3 is 2. The van der Waals surface area contributed by atoms with Gasteiger partial charge >= 0.3 is 0 Å². The van der Waals surface area contributed by atoms with Crippen LogP contribution in [0.15, 0.2) is 42.5 Å². The van der Waals surface area contributed by atoms with Crippen LogP contribution in [0.5, 0.6) is 11.5 Å². The third-order valence-electron chi connectivity index (χ3n) is 3.45. The van der Waals surface area contributed by atoms with E-state index >= 15 is 0 Å². The summed E-state index contributed by atoms with van der Waals surface area (Å²) in [7, 11) is 3.19. The van der Waals surface area contributed by atoms with Crippen molar-refractivity contribution >= 4 is 17.5 Å². The van der Waals surface area contributed by atoms with Gasteiger partial charge < -0.3 is 14.8 Å². The van der Waals surface area contributed by atoms with E-state index in [-0.39, 0.29) is 5.91 Å². The lowest BCUT2D eigenvalue weighted by Gasteiger charge is -2.08. The fourth-order valence-electron chi connectivity index (χ4n) is 2.24. The normalized spacial score (nSPS) is 10.2. The summed E-state index contributed by atoms with van der Waals surface area (Å²) in [4.78, 5) is 12.0. The number of amides is 1. The lowest BCUT2D eigenvalue weighted by Crippen LogP contribution is -2.27. The average Bonchev–Trinajstić information content (AvgIpc) is 2.56. The van der Waals surface area contributed by atoms with Crippen molar-refractivity contribution in [2.45, 2.75) is 12.8 Å². The molecular formula is C18H20ClNO3. The van der Waals surface area contributed by atoms with Crippen LogP contribution in [0.1, 0.15) is 11.1 Å². The minimum atomic E-state index is -0.0146. The second kappa shape index (κ2) is 8.44. The molecule has 0 aliphatic rings. The first-order chi connectivity index (χ1) is 11.1. The number of carbonyl (C=O) groups is 1. The zero-order valence-corrected chi connectivity index (χ0v) is 14.0.